The number of hydrogen-bond donors (Lipinski definition) is 1. The van der Waals surface area contributed by atoms with Gasteiger partial charge in [-0.05, 0) is 62.2 Å². The number of carbonyl (C=O) groups is 2. The van der Waals surface area contributed by atoms with Gasteiger partial charge in [0.25, 0.3) is 10.0 Å². The fourth-order valence-corrected chi connectivity index (χ4v) is 5.64. The minimum absolute atomic E-state index is 0.00213. The Labute approximate surface area is 245 Å². The lowest BCUT2D eigenvalue weighted by Crippen LogP contribution is -2.52. The van der Waals surface area contributed by atoms with Crippen molar-refractivity contribution in [2.24, 2.45) is 0 Å². The lowest BCUT2D eigenvalue weighted by molar-refractivity contribution is -0.139. The van der Waals surface area contributed by atoms with Gasteiger partial charge in [0, 0.05) is 18.7 Å². The van der Waals surface area contributed by atoms with Crippen LogP contribution in [0.5, 0.6) is 5.75 Å². The van der Waals surface area contributed by atoms with Crippen molar-refractivity contribution in [3.8, 4) is 5.75 Å². The first-order chi connectivity index (χ1) is 19.0. The van der Waals surface area contributed by atoms with E-state index in [1.165, 1.54) is 30.2 Å². The molecule has 0 aliphatic rings. The van der Waals surface area contributed by atoms with Gasteiger partial charge in [-0.3, -0.25) is 13.9 Å². The molecular weight excluding hydrogens is 573 g/mol. The summed E-state index contributed by atoms with van der Waals surface area (Å²) < 4.78 is 34.0. The molecule has 0 aliphatic carbocycles. The van der Waals surface area contributed by atoms with Crippen LogP contribution in [-0.4, -0.2) is 50.9 Å². The fraction of sp³-hybridized carbons (Fsp3) is 0.310. The van der Waals surface area contributed by atoms with Crippen molar-refractivity contribution in [2.75, 3.05) is 18.0 Å². The van der Waals surface area contributed by atoms with Crippen molar-refractivity contribution >= 4 is 50.7 Å². The van der Waals surface area contributed by atoms with E-state index >= 15 is 0 Å². The molecule has 3 rings (SSSR count). The van der Waals surface area contributed by atoms with Gasteiger partial charge in [0.2, 0.25) is 11.8 Å². The molecule has 0 unspecified atom stereocenters. The number of nitrogens with zero attached hydrogens (tertiary/aromatic N) is 2. The second kappa shape index (κ2) is 13.9. The Balaban J connectivity index is 2.04. The van der Waals surface area contributed by atoms with E-state index in [0.29, 0.717) is 27.8 Å². The molecule has 3 aromatic carbocycles. The molecule has 0 heterocycles. The van der Waals surface area contributed by atoms with E-state index in [9.17, 15) is 18.0 Å². The van der Waals surface area contributed by atoms with Crippen LogP contribution in [0.2, 0.25) is 10.0 Å². The van der Waals surface area contributed by atoms with Gasteiger partial charge in [0.1, 0.15) is 18.3 Å². The number of sulfonamides is 1. The predicted molar refractivity (Wildman–Crippen MR) is 158 cm³/mol. The molecule has 0 aromatic heterocycles. The van der Waals surface area contributed by atoms with E-state index in [1.807, 2.05) is 13.8 Å². The van der Waals surface area contributed by atoms with Crippen molar-refractivity contribution in [1.82, 2.24) is 10.2 Å². The Kier molecular flexibility index (Phi) is 10.8. The summed E-state index contributed by atoms with van der Waals surface area (Å²) in [5.41, 5.74) is 0.868. The van der Waals surface area contributed by atoms with Crippen molar-refractivity contribution in [3.05, 3.63) is 88.4 Å². The maximum atomic E-state index is 14.0. The highest BCUT2D eigenvalue weighted by atomic mass is 35.5. The Morgan fingerprint density at radius 1 is 0.950 bits per heavy atom. The summed E-state index contributed by atoms with van der Waals surface area (Å²) in [6, 6.07) is 18.2. The summed E-state index contributed by atoms with van der Waals surface area (Å²) in [5, 5.41) is 3.55. The highest BCUT2D eigenvalue weighted by Crippen LogP contribution is 2.28. The molecule has 0 saturated carbocycles. The number of methoxy groups -OCH3 is 1. The van der Waals surface area contributed by atoms with Crippen molar-refractivity contribution in [2.45, 2.75) is 50.7 Å². The number of carbonyl (C=O) groups excluding carboxylic acids is 2. The number of amides is 2. The van der Waals surface area contributed by atoms with Gasteiger partial charge in [0.05, 0.1) is 27.7 Å². The second-order valence-electron chi connectivity index (χ2n) is 9.29. The lowest BCUT2D eigenvalue weighted by atomic mass is 10.1. The van der Waals surface area contributed by atoms with E-state index in [2.05, 4.69) is 5.32 Å². The molecule has 8 nitrogen and oxygen atoms in total. The smallest absolute Gasteiger partial charge is 0.264 e. The van der Waals surface area contributed by atoms with E-state index < -0.39 is 28.5 Å². The first-order valence-corrected chi connectivity index (χ1v) is 14.9. The predicted octanol–water partition coefficient (Wildman–Crippen LogP) is 5.53. The Morgan fingerprint density at radius 2 is 1.65 bits per heavy atom. The average molecular weight is 607 g/mol. The minimum Gasteiger partial charge on any atom is -0.497 e. The van der Waals surface area contributed by atoms with E-state index in [-0.39, 0.29) is 29.1 Å². The molecule has 0 spiro atoms. The largest absolute Gasteiger partial charge is 0.497 e. The molecule has 0 radical (unpaired) electrons. The summed E-state index contributed by atoms with van der Waals surface area (Å²) in [6.07, 6.45) is 0.706. The topological polar surface area (TPSA) is 96.0 Å². The number of benzene rings is 3. The third kappa shape index (κ3) is 7.68. The molecule has 214 valence electrons. The molecule has 2 amide bonds. The van der Waals surface area contributed by atoms with E-state index in [1.54, 1.807) is 61.5 Å². The molecule has 2 atom stereocenters. The van der Waals surface area contributed by atoms with Gasteiger partial charge in [-0.25, -0.2) is 8.42 Å². The third-order valence-corrected chi connectivity index (χ3v) is 8.98. The Morgan fingerprint density at radius 3 is 2.27 bits per heavy atom. The molecule has 11 heteroatoms. The zero-order valence-corrected chi connectivity index (χ0v) is 25.1. The van der Waals surface area contributed by atoms with Crippen molar-refractivity contribution in [3.63, 3.8) is 0 Å². The summed E-state index contributed by atoms with van der Waals surface area (Å²) >= 11 is 12.3. The highest BCUT2D eigenvalue weighted by molar-refractivity contribution is 7.92. The average Bonchev–Trinajstić information content (AvgIpc) is 2.96. The SMILES string of the molecule is CC[C@H](C)NC(=O)[C@@H](C)N(Cc1ccc(Cl)c(Cl)c1)C(=O)CN(c1cccc(OC)c1)S(=O)(=O)c1ccccc1. The Bertz CT molecular complexity index is 1440. The van der Waals surface area contributed by atoms with Crippen LogP contribution in [0.25, 0.3) is 0 Å². The van der Waals surface area contributed by atoms with Crippen LogP contribution in [0.15, 0.2) is 77.7 Å². The van der Waals surface area contributed by atoms with Crippen LogP contribution in [0, 0.1) is 0 Å². The zero-order chi connectivity index (χ0) is 29.4. The highest BCUT2D eigenvalue weighted by Gasteiger charge is 2.33. The lowest BCUT2D eigenvalue weighted by Gasteiger charge is -2.32. The standard InChI is InChI=1S/C29H33Cl2N3O5S/c1-5-20(2)32-29(36)21(3)33(18-22-14-15-26(30)27(31)16-22)28(35)19-34(23-10-9-11-24(17-23)39-4)40(37,38)25-12-7-6-8-13-25/h6-17,20-21H,5,18-19H2,1-4H3,(H,32,36)/t20-,21+/m0/s1. The second-order valence-corrected chi connectivity index (χ2v) is 12.0. The van der Waals surface area contributed by atoms with Crippen LogP contribution in [0.3, 0.4) is 0 Å². The number of rotatable bonds is 12. The van der Waals surface area contributed by atoms with Crippen molar-refractivity contribution < 1.29 is 22.7 Å². The number of anilines is 1. The van der Waals surface area contributed by atoms with Crippen molar-refractivity contribution in [1.29, 1.82) is 0 Å². The Hall–Kier alpha value is -3.27. The molecular formula is C29H33Cl2N3O5S. The fourth-order valence-electron chi connectivity index (χ4n) is 3.90. The summed E-state index contributed by atoms with van der Waals surface area (Å²) in [5.74, 6) is -0.519. The van der Waals surface area contributed by atoms with Crippen LogP contribution in [-0.2, 0) is 26.2 Å². The molecule has 1 N–H and O–H groups in total. The zero-order valence-electron chi connectivity index (χ0n) is 22.8. The number of halogens is 2. The maximum absolute atomic E-state index is 14.0. The minimum atomic E-state index is -4.17. The third-order valence-electron chi connectivity index (χ3n) is 6.46. The monoisotopic (exact) mass is 605 g/mol. The molecule has 0 bridgehead atoms. The van der Waals surface area contributed by atoms with Crippen LogP contribution in [0.1, 0.15) is 32.8 Å². The van der Waals surface area contributed by atoms with Crippen LogP contribution >= 0.6 is 23.2 Å². The van der Waals surface area contributed by atoms with E-state index in [4.69, 9.17) is 27.9 Å². The van der Waals surface area contributed by atoms with Crippen LogP contribution in [0.4, 0.5) is 5.69 Å². The molecule has 3 aromatic rings. The van der Waals surface area contributed by atoms with Gasteiger partial charge in [-0.1, -0.05) is 60.5 Å². The molecule has 0 saturated heterocycles. The van der Waals surface area contributed by atoms with Gasteiger partial charge >= 0.3 is 0 Å². The first kappa shape index (κ1) is 31.3. The van der Waals surface area contributed by atoms with E-state index in [0.717, 1.165) is 4.31 Å². The normalized spacial score (nSPS) is 12.8. The van der Waals surface area contributed by atoms with Crippen LogP contribution < -0.4 is 14.4 Å². The summed E-state index contributed by atoms with van der Waals surface area (Å²) in [7, 11) is -2.70. The number of hydrogen-bond acceptors (Lipinski definition) is 5. The first-order valence-electron chi connectivity index (χ1n) is 12.7. The quantitative estimate of drug-likeness (QED) is 0.293. The summed E-state index contributed by atoms with van der Waals surface area (Å²) in [6.45, 7) is 4.85. The molecule has 0 fully saturated rings. The number of ether oxygens (including phenoxy) is 1. The van der Waals surface area contributed by atoms with Gasteiger partial charge in [-0.2, -0.15) is 0 Å². The molecule has 40 heavy (non-hydrogen) atoms. The summed E-state index contributed by atoms with van der Waals surface area (Å²) in [4.78, 5) is 28.4. The number of nitrogens with one attached hydrogen (secondary N) is 1. The van der Waals surface area contributed by atoms with Gasteiger partial charge in [0.15, 0.2) is 0 Å². The van der Waals surface area contributed by atoms with Gasteiger partial charge < -0.3 is 15.0 Å². The van der Waals surface area contributed by atoms with Gasteiger partial charge in [-0.15, -0.1) is 0 Å². The maximum Gasteiger partial charge on any atom is 0.264 e. The molecule has 0 aliphatic heterocycles.